The topological polar surface area (TPSA) is 114 Å². The van der Waals surface area contributed by atoms with E-state index in [1.807, 2.05) is 30.3 Å². The molecule has 8 nitrogen and oxygen atoms in total. The van der Waals surface area contributed by atoms with Crippen LogP contribution in [0.5, 0.6) is 0 Å². The molecule has 0 aliphatic heterocycles. The van der Waals surface area contributed by atoms with E-state index in [4.69, 9.17) is 4.74 Å². The zero-order valence-corrected chi connectivity index (χ0v) is 14.7. The molecule has 0 radical (unpaired) electrons. The van der Waals surface area contributed by atoms with Crippen LogP contribution in [-0.2, 0) is 21.2 Å². The lowest BCUT2D eigenvalue weighted by atomic mass is 10.2. The molecular weight excluding hydrogens is 356 g/mol. The normalized spacial score (nSPS) is 11.1. The van der Waals surface area contributed by atoms with Crippen LogP contribution in [0.25, 0.3) is 11.4 Å². The number of nitrogens with zero attached hydrogens (tertiary/aromatic N) is 2. The quantitative estimate of drug-likeness (QED) is 0.712. The number of rotatable bonds is 5. The zero-order valence-electron chi connectivity index (χ0n) is 13.8. The highest BCUT2D eigenvalue weighted by molar-refractivity contribution is 7.90. The van der Waals surface area contributed by atoms with Crippen molar-refractivity contribution in [3.05, 3.63) is 60.2 Å². The van der Waals surface area contributed by atoms with Crippen LogP contribution in [0.1, 0.15) is 5.56 Å². The van der Waals surface area contributed by atoms with Crippen LogP contribution in [0.15, 0.2) is 59.8 Å². The molecule has 2 aromatic carbocycles. The molecule has 1 amide bonds. The molecule has 3 aromatic rings. The van der Waals surface area contributed by atoms with Gasteiger partial charge in [0.2, 0.25) is 15.0 Å². The van der Waals surface area contributed by atoms with E-state index in [9.17, 15) is 13.2 Å². The first kappa shape index (κ1) is 17.6. The first-order valence-electron chi connectivity index (χ1n) is 7.62. The summed E-state index contributed by atoms with van der Waals surface area (Å²) in [6.45, 7) is 0.177. The minimum Gasteiger partial charge on any atom is -0.444 e. The smallest absolute Gasteiger partial charge is 0.411 e. The second-order valence-corrected chi connectivity index (χ2v) is 7.43. The fourth-order valence-corrected chi connectivity index (χ4v) is 2.59. The van der Waals surface area contributed by atoms with E-state index in [1.54, 1.807) is 24.3 Å². The van der Waals surface area contributed by atoms with Gasteiger partial charge < -0.3 is 4.74 Å². The van der Waals surface area contributed by atoms with Gasteiger partial charge in [0.25, 0.3) is 0 Å². The van der Waals surface area contributed by atoms with Crippen molar-refractivity contribution in [2.45, 2.75) is 11.8 Å². The molecule has 0 bridgehead atoms. The molecule has 3 rings (SSSR count). The Labute approximate surface area is 150 Å². The van der Waals surface area contributed by atoms with Crippen molar-refractivity contribution in [3.8, 4) is 11.4 Å². The van der Waals surface area contributed by atoms with E-state index in [-0.39, 0.29) is 17.6 Å². The van der Waals surface area contributed by atoms with Crippen LogP contribution in [0.2, 0.25) is 0 Å². The van der Waals surface area contributed by atoms with E-state index in [0.717, 1.165) is 11.8 Å². The molecule has 0 fully saturated rings. The molecule has 0 saturated heterocycles. The Hall–Kier alpha value is -3.20. The fraction of sp³-hybridized carbons (Fsp3) is 0.118. The molecule has 0 aliphatic rings. The minimum atomic E-state index is -3.45. The number of amides is 1. The molecule has 0 unspecified atom stereocenters. The summed E-state index contributed by atoms with van der Waals surface area (Å²) in [6, 6.07) is 16.0. The number of aromatic nitrogens is 3. The van der Waals surface area contributed by atoms with Gasteiger partial charge in [-0.25, -0.2) is 18.3 Å². The average Bonchev–Trinajstić information content (AvgIpc) is 3.12. The second kappa shape index (κ2) is 7.36. The van der Waals surface area contributed by atoms with Crippen LogP contribution < -0.4 is 5.32 Å². The Morgan fingerprint density at radius 2 is 1.81 bits per heavy atom. The molecule has 0 aliphatic carbocycles. The molecule has 1 aromatic heterocycles. The Morgan fingerprint density at radius 1 is 1.12 bits per heavy atom. The zero-order chi connectivity index (χ0) is 18.6. The third-order valence-corrected chi connectivity index (χ3v) is 4.30. The summed E-state index contributed by atoms with van der Waals surface area (Å²) in [5.41, 5.74) is 2.04. The van der Waals surface area contributed by atoms with Crippen molar-refractivity contribution in [2.24, 2.45) is 0 Å². The standard InChI is InChI=1S/C17H16N4O4S/c1-26(23,24)16-19-15(20-21-16)13-7-9-14(10-8-13)18-17(22)25-11-12-5-3-2-4-6-12/h2-10H,11H2,1H3,(H,18,22)(H,19,20,21). The van der Waals surface area contributed by atoms with Crippen molar-refractivity contribution in [1.29, 1.82) is 0 Å². The molecule has 134 valence electrons. The van der Waals surface area contributed by atoms with Gasteiger partial charge >= 0.3 is 6.09 Å². The van der Waals surface area contributed by atoms with Gasteiger partial charge in [-0.1, -0.05) is 30.3 Å². The number of carbonyl (C=O) groups is 1. The predicted octanol–water partition coefficient (Wildman–Crippen LogP) is 2.62. The highest BCUT2D eigenvalue weighted by atomic mass is 32.2. The maximum atomic E-state index is 11.8. The van der Waals surface area contributed by atoms with Gasteiger partial charge in [0, 0.05) is 17.5 Å². The van der Waals surface area contributed by atoms with Crippen molar-refractivity contribution in [2.75, 3.05) is 11.6 Å². The van der Waals surface area contributed by atoms with Gasteiger partial charge in [0.1, 0.15) is 6.61 Å². The molecule has 0 atom stereocenters. The van der Waals surface area contributed by atoms with Gasteiger partial charge in [-0.05, 0) is 29.8 Å². The third-order valence-electron chi connectivity index (χ3n) is 3.42. The minimum absolute atomic E-state index is 0.177. The number of hydrogen-bond donors (Lipinski definition) is 2. The molecular formula is C17H16N4O4S. The van der Waals surface area contributed by atoms with Crippen molar-refractivity contribution in [3.63, 3.8) is 0 Å². The van der Waals surface area contributed by atoms with Crippen LogP contribution in [0.3, 0.4) is 0 Å². The van der Waals surface area contributed by atoms with Crippen LogP contribution in [-0.4, -0.2) is 35.9 Å². The van der Waals surface area contributed by atoms with Gasteiger partial charge in [0.15, 0.2) is 5.82 Å². The van der Waals surface area contributed by atoms with E-state index in [2.05, 4.69) is 20.5 Å². The number of H-pyrrole nitrogens is 1. The fourth-order valence-electron chi connectivity index (χ4n) is 2.12. The van der Waals surface area contributed by atoms with Gasteiger partial charge in [-0.2, -0.15) is 10.1 Å². The predicted molar refractivity (Wildman–Crippen MR) is 95.2 cm³/mol. The van der Waals surface area contributed by atoms with E-state index < -0.39 is 15.9 Å². The molecule has 0 saturated carbocycles. The van der Waals surface area contributed by atoms with E-state index >= 15 is 0 Å². The van der Waals surface area contributed by atoms with Crippen molar-refractivity contribution >= 4 is 21.6 Å². The Balaban J connectivity index is 1.60. The monoisotopic (exact) mass is 372 g/mol. The molecule has 2 N–H and O–H groups in total. The molecule has 0 spiro atoms. The highest BCUT2D eigenvalue weighted by Crippen LogP contribution is 2.19. The molecule has 26 heavy (non-hydrogen) atoms. The number of benzene rings is 2. The summed E-state index contributed by atoms with van der Waals surface area (Å²) in [4.78, 5) is 15.8. The Bertz CT molecular complexity index is 999. The van der Waals surface area contributed by atoms with Gasteiger partial charge in [-0.3, -0.25) is 5.32 Å². The number of aromatic amines is 1. The lowest BCUT2D eigenvalue weighted by Gasteiger charge is -2.07. The number of anilines is 1. The van der Waals surface area contributed by atoms with Crippen LogP contribution >= 0.6 is 0 Å². The number of sulfone groups is 1. The highest BCUT2D eigenvalue weighted by Gasteiger charge is 2.14. The maximum absolute atomic E-state index is 11.8. The molecule has 1 heterocycles. The van der Waals surface area contributed by atoms with Crippen LogP contribution in [0, 0.1) is 0 Å². The Morgan fingerprint density at radius 3 is 2.42 bits per heavy atom. The number of hydrogen-bond acceptors (Lipinski definition) is 6. The van der Waals surface area contributed by atoms with Gasteiger partial charge in [-0.15, -0.1) is 0 Å². The summed E-state index contributed by atoms with van der Waals surface area (Å²) >= 11 is 0. The van der Waals surface area contributed by atoms with Gasteiger partial charge in [0.05, 0.1) is 0 Å². The molecule has 9 heteroatoms. The summed E-state index contributed by atoms with van der Waals surface area (Å²) < 4.78 is 28.0. The summed E-state index contributed by atoms with van der Waals surface area (Å²) in [7, 11) is -3.45. The summed E-state index contributed by atoms with van der Waals surface area (Å²) in [6.07, 6.45) is 0.476. The van der Waals surface area contributed by atoms with E-state index in [1.165, 1.54) is 0 Å². The number of nitrogens with one attached hydrogen (secondary N) is 2. The van der Waals surface area contributed by atoms with Crippen LogP contribution in [0.4, 0.5) is 10.5 Å². The van der Waals surface area contributed by atoms with Crippen molar-refractivity contribution in [1.82, 2.24) is 15.2 Å². The first-order chi connectivity index (χ1) is 12.4. The number of ether oxygens (including phenoxy) is 1. The summed E-state index contributed by atoms with van der Waals surface area (Å²) in [5.74, 6) is 0.253. The van der Waals surface area contributed by atoms with E-state index in [0.29, 0.717) is 11.3 Å². The first-order valence-corrected chi connectivity index (χ1v) is 9.51. The lowest BCUT2D eigenvalue weighted by molar-refractivity contribution is 0.155. The third kappa shape index (κ3) is 4.45. The van der Waals surface area contributed by atoms with Crippen molar-refractivity contribution < 1.29 is 17.9 Å². The second-order valence-electron chi connectivity index (χ2n) is 5.50. The largest absolute Gasteiger partial charge is 0.444 e. The summed E-state index contributed by atoms with van der Waals surface area (Å²) in [5, 5.41) is 8.68. The average molecular weight is 372 g/mol. The lowest BCUT2D eigenvalue weighted by Crippen LogP contribution is -2.13. The number of carbonyl (C=O) groups excluding carboxylic acids is 1. The Kier molecular flexibility index (Phi) is 4.99. The maximum Gasteiger partial charge on any atom is 0.411 e. The SMILES string of the molecule is CS(=O)(=O)c1nc(-c2ccc(NC(=O)OCc3ccccc3)cc2)n[nH]1.